The van der Waals surface area contributed by atoms with Gasteiger partial charge in [-0.2, -0.15) is 0 Å². The molecule has 1 fully saturated rings. The summed E-state index contributed by atoms with van der Waals surface area (Å²) in [6, 6.07) is 1.70. The second kappa shape index (κ2) is 7.68. The first kappa shape index (κ1) is 16.1. The predicted octanol–water partition coefficient (Wildman–Crippen LogP) is 0.844. The Morgan fingerprint density at radius 3 is 2.90 bits per heavy atom. The van der Waals surface area contributed by atoms with E-state index in [4.69, 9.17) is 4.74 Å². The molecule has 1 aliphatic heterocycles. The molecule has 6 heteroatoms. The summed E-state index contributed by atoms with van der Waals surface area (Å²) in [6.07, 6.45) is 2.84. The average molecular weight is 297 g/mol. The van der Waals surface area contributed by atoms with Gasteiger partial charge in [-0.25, -0.2) is 4.39 Å². The monoisotopic (exact) mass is 297 g/mol. The molecule has 1 aromatic rings. The summed E-state index contributed by atoms with van der Waals surface area (Å²) in [5.41, 5.74) is 0.575. The number of rotatable bonds is 7. The zero-order valence-corrected chi connectivity index (χ0v) is 12.7. The number of pyridine rings is 1. The number of ether oxygens (including phenoxy) is 1. The van der Waals surface area contributed by atoms with Crippen molar-refractivity contribution in [2.24, 2.45) is 11.8 Å². The first-order chi connectivity index (χ1) is 10.2. The van der Waals surface area contributed by atoms with Crippen molar-refractivity contribution >= 4 is 5.69 Å². The third-order valence-electron chi connectivity index (χ3n) is 4.13. The fourth-order valence-electron chi connectivity index (χ4n) is 2.91. The van der Waals surface area contributed by atoms with E-state index in [1.165, 1.54) is 6.20 Å². The minimum absolute atomic E-state index is 0.131. The van der Waals surface area contributed by atoms with E-state index in [1.54, 1.807) is 19.4 Å². The maximum Gasteiger partial charge on any atom is 0.164 e. The Kier molecular flexibility index (Phi) is 5.90. The zero-order valence-electron chi connectivity index (χ0n) is 12.7. The molecular formula is C15H24FN3O2. The number of halogens is 1. The lowest BCUT2D eigenvalue weighted by Crippen LogP contribution is -2.33. The van der Waals surface area contributed by atoms with Gasteiger partial charge in [0.1, 0.15) is 0 Å². The van der Waals surface area contributed by atoms with E-state index < -0.39 is 0 Å². The molecule has 0 aromatic carbocycles. The van der Waals surface area contributed by atoms with Crippen molar-refractivity contribution in [2.45, 2.75) is 0 Å². The molecule has 2 atom stereocenters. The van der Waals surface area contributed by atoms with E-state index in [2.05, 4.69) is 9.88 Å². The molecule has 0 aliphatic carbocycles. The van der Waals surface area contributed by atoms with Gasteiger partial charge in [0, 0.05) is 52.0 Å². The Bertz CT molecular complexity index is 447. The second-order valence-corrected chi connectivity index (χ2v) is 5.69. The first-order valence-corrected chi connectivity index (χ1v) is 7.28. The van der Waals surface area contributed by atoms with Gasteiger partial charge in [0.15, 0.2) is 5.82 Å². The second-order valence-electron chi connectivity index (χ2n) is 5.69. The third-order valence-corrected chi connectivity index (χ3v) is 4.13. The third kappa shape index (κ3) is 4.12. The van der Waals surface area contributed by atoms with Crippen LogP contribution in [0.2, 0.25) is 0 Å². The summed E-state index contributed by atoms with van der Waals surface area (Å²) < 4.78 is 18.9. The van der Waals surface area contributed by atoms with Crippen molar-refractivity contribution in [2.75, 3.05) is 58.5 Å². The number of hydrogen-bond acceptors (Lipinski definition) is 5. The first-order valence-electron chi connectivity index (χ1n) is 7.28. The standard InChI is InChI=1S/C15H24FN3O2/c1-18(5-6-21-2)8-12-9-19(10-13(12)11-20)15-3-4-17-7-14(15)16/h3-4,7,12-13,20H,5-6,8-11H2,1-2H3/t12-,13-/m1/s1. The highest BCUT2D eigenvalue weighted by Crippen LogP contribution is 2.29. The van der Waals surface area contributed by atoms with E-state index in [9.17, 15) is 9.50 Å². The van der Waals surface area contributed by atoms with Gasteiger partial charge in [0.05, 0.1) is 18.5 Å². The molecule has 21 heavy (non-hydrogen) atoms. The number of nitrogens with zero attached hydrogens (tertiary/aromatic N) is 3. The highest BCUT2D eigenvalue weighted by Gasteiger charge is 2.33. The predicted molar refractivity (Wildman–Crippen MR) is 79.8 cm³/mol. The number of methoxy groups -OCH3 is 1. The van der Waals surface area contributed by atoms with Gasteiger partial charge in [-0.1, -0.05) is 0 Å². The Morgan fingerprint density at radius 1 is 1.48 bits per heavy atom. The Morgan fingerprint density at radius 2 is 2.24 bits per heavy atom. The molecule has 2 rings (SSSR count). The Balaban J connectivity index is 1.99. The van der Waals surface area contributed by atoms with Crippen LogP contribution in [0.25, 0.3) is 0 Å². The Labute approximate surface area is 125 Å². The van der Waals surface area contributed by atoms with Gasteiger partial charge in [0.25, 0.3) is 0 Å². The van der Waals surface area contributed by atoms with Gasteiger partial charge in [0.2, 0.25) is 0 Å². The lowest BCUT2D eigenvalue weighted by atomic mass is 9.96. The van der Waals surface area contributed by atoms with Crippen molar-refractivity contribution in [3.63, 3.8) is 0 Å². The van der Waals surface area contributed by atoms with E-state index in [1.807, 2.05) is 11.9 Å². The van der Waals surface area contributed by atoms with E-state index in [-0.39, 0.29) is 18.3 Å². The van der Waals surface area contributed by atoms with E-state index in [0.717, 1.165) is 19.6 Å². The van der Waals surface area contributed by atoms with E-state index in [0.29, 0.717) is 24.8 Å². The van der Waals surface area contributed by atoms with Gasteiger partial charge in [-0.15, -0.1) is 0 Å². The smallest absolute Gasteiger partial charge is 0.164 e. The van der Waals surface area contributed by atoms with Crippen LogP contribution in [0.4, 0.5) is 10.1 Å². The molecule has 0 amide bonds. The summed E-state index contributed by atoms with van der Waals surface area (Å²) in [4.78, 5) is 7.99. The van der Waals surface area contributed by atoms with Gasteiger partial charge in [-0.3, -0.25) is 4.98 Å². The normalized spacial score (nSPS) is 22.2. The van der Waals surface area contributed by atoms with Crippen LogP contribution in [0.5, 0.6) is 0 Å². The number of aliphatic hydroxyl groups excluding tert-OH is 1. The van der Waals surface area contributed by atoms with Crippen LogP contribution >= 0.6 is 0 Å². The molecule has 118 valence electrons. The zero-order chi connectivity index (χ0) is 15.2. The van der Waals surface area contributed by atoms with Crippen molar-refractivity contribution in [3.8, 4) is 0 Å². The topological polar surface area (TPSA) is 48.8 Å². The molecule has 5 nitrogen and oxygen atoms in total. The molecule has 1 aromatic heterocycles. The number of aromatic nitrogens is 1. The molecule has 0 bridgehead atoms. The molecule has 1 N–H and O–H groups in total. The quantitative estimate of drug-likeness (QED) is 0.808. The lowest BCUT2D eigenvalue weighted by Gasteiger charge is -2.23. The molecule has 0 saturated carbocycles. The summed E-state index contributed by atoms with van der Waals surface area (Å²) in [6.45, 7) is 3.98. The fourth-order valence-corrected chi connectivity index (χ4v) is 2.91. The highest BCUT2D eigenvalue weighted by molar-refractivity contribution is 5.47. The molecule has 1 aliphatic rings. The van der Waals surface area contributed by atoms with Crippen LogP contribution in [0.15, 0.2) is 18.5 Å². The number of hydrogen-bond donors (Lipinski definition) is 1. The molecular weight excluding hydrogens is 273 g/mol. The van der Waals surface area contributed by atoms with Crippen LogP contribution in [0, 0.1) is 17.7 Å². The highest BCUT2D eigenvalue weighted by atomic mass is 19.1. The van der Waals surface area contributed by atoms with Crippen molar-refractivity contribution in [1.29, 1.82) is 0 Å². The summed E-state index contributed by atoms with van der Waals surface area (Å²) in [5, 5.41) is 9.58. The summed E-state index contributed by atoms with van der Waals surface area (Å²) in [7, 11) is 3.73. The number of anilines is 1. The lowest BCUT2D eigenvalue weighted by molar-refractivity contribution is 0.136. The maximum absolute atomic E-state index is 13.8. The summed E-state index contributed by atoms with van der Waals surface area (Å²) in [5.74, 6) is 0.189. The summed E-state index contributed by atoms with van der Waals surface area (Å²) >= 11 is 0. The maximum atomic E-state index is 13.8. The molecule has 0 unspecified atom stereocenters. The van der Waals surface area contributed by atoms with Crippen LogP contribution in [-0.2, 0) is 4.74 Å². The van der Waals surface area contributed by atoms with Crippen LogP contribution < -0.4 is 4.90 Å². The SMILES string of the molecule is COCCN(C)C[C@@H]1CN(c2ccncc2F)C[C@@H]1CO. The molecule has 2 heterocycles. The minimum Gasteiger partial charge on any atom is -0.396 e. The molecule has 0 radical (unpaired) electrons. The van der Waals surface area contributed by atoms with Crippen molar-refractivity contribution in [3.05, 3.63) is 24.3 Å². The largest absolute Gasteiger partial charge is 0.396 e. The minimum atomic E-state index is -0.303. The molecule has 1 saturated heterocycles. The van der Waals surface area contributed by atoms with Crippen molar-refractivity contribution < 1.29 is 14.2 Å². The van der Waals surface area contributed by atoms with E-state index >= 15 is 0 Å². The number of likely N-dealkylation sites (N-methyl/N-ethyl adjacent to an activating group) is 1. The van der Waals surface area contributed by atoms with Crippen LogP contribution in [0.3, 0.4) is 0 Å². The average Bonchev–Trinajstić information content (AvgIpc) is 2.88. The molecule has 0 spiro atoms. The van der Waals surface area contributed by atoms with Crippen molar-refractivity contribution in [1.82, 2.24) is 9.88 Å². The van der Waals surface area contributed by atoms with Crippen LogP contribution in [0.1, 0.15) is 0 Å². The van der Waals surface area contributed by atoms with Crippen LogP contribution in [-0.4, -0.2) is 68.5 Å². The van der Waals surface area contributed by atoms with Gasteiger partial charge >= 0.3 is 0 Å². The van der Waals surface area contributed by atoms with Gasteiger partial charge < -0.3 is 19.6 Å². The van der Waals surface area contributed by atoms with Gasteiger partial charge in [-0.05, 0) is 19.0 Å². The fraction of sp³-hybridized carbons (Fsp3) is 0.667. The Hall–Kier alpha value is -1.24. The number of aliphatic hydroxyl groups is 1.